The lowest BCUT2D eigenvalue weighted by Gasteiger charge is -2.65. The topological polar surface area (TPSA) is 155 Å². The van der Waals surface area contributed by atoms with Gasteiger partial charge >= 0.3 is 17.9 Å². The molecule has 0 unspecified atom stereocenters. The van der Waals surface area contributed by atoms with Crippen molar-refractivity contribution in [2.75, 3.05) is 6.61 Å². The van der Waals surface area contributed by atoms with Crippen molar-refractivity contribution in [3.05, 3.63) is 11.6 Å². The lowest BCUT2D eigenvalue weighted by Crippen LogP contribution is -2.69. The van der Waals surface area contributed by atoms with Gasteiger partial charge in [-0.05, 0) is 81.6 Å². The lowest BCUT2D eigenvalue weighted by molar-refractivity contribution is -0.288. The number of ether oxygens (including phenoxy) is 5. The Labute approximate surface area is 257 Å². The van der Waals surface area contributed by atoms with Crippen molar-refractivity contribution in [3.8, 4) is 0 Å². The van der Waals surface area contributed by atoms with Crippen molar-refractivity contribution in [1.82, 2.24) is 0 Å². The van der Waals surface area contributed by atoms with Crippen LogP contribution in [0.3, 0.4) is 0 Å². The first kappa shape index (κ1) is 31.6. The number of rotatable bonds is 6. The highest BCUT2D eigenvalue weighted by Crippen LogP contribution is 2.70. The van der Waals surface area contributed by atoms with Crippen LogP contribution in [-0.2, 0) is 42.9 Å². The van der Waals surface area contributed by atoms with Crippen LogP contribution in [-0.4, -0.2) is 82.9 Å². The summed E-state index contributed by atoms with van der Waals surface area (Å²) in [4.78, 5) is 48.4. The highest BCUT2D eigenvalue weighted by Gasteiger charge is 2.71. The Morgan fingerprint density at radius 1 is 1.00 bits per heavy atom. The molecule has 2 N–H and O–H groups in total. The summed E-state index contributed by atoms with van der Waals surface area (Å²) >= 11 is 0. The van der Waals surface area contributed by atoms with Gasteiger partial charge in [0.1, 0.15) is 19.0 Å². The molecule has 244 valence electrons. The van der Waals surface area contributed by atoms with Gasteiger partial charge in [0.05, 0.1) is 28.8 Å². The minimum Gasteiger partial charge on any atom is -0.458 e. The van der Waals surface area contributed by atoms with Gasteiger partial charge in [-0.1, -0.05) is 6.92 Å². The standard InChI is InChI=1S/C33H46O11/c1-18-29(43-20(3)36)26(42-19(2)35)14-28(41-18)44-22-5-10-31(17-34)24-6-9-30(4)23(21-13-27(37)40-16-21)8-12-33(30,39)25(24)7-11-32(31,38)15-22/h13,17-18,22-26,28-29,38-39H,5-12,14-16H2,1-4H3/t18-,22+,23-,24+,25-,26+,28+,29-,30-,31+,32+,33+/m1/s1. The van der Waals surface area contributed by atoms with Gasteiger partial charge in [0.15, 0.2) is 12.4 Å². The average Bonchev–Trinajstić information content (AvgIpc) is 3.49. The molecule has 44 heavy (non-hydrogen) atoms. The molecule has 0 aromatic rings. The van der Waals surface area contributed by atoms with E-state index >= 15 is 0 Å². The number of hydrogen-bond donors (Lipinski definition) is 2. The van der Waals surface area contributed by atoms with E-state index in [0.717, 1.165) is 18.3 Å². The number of aldehydes is 1. The maximum atomic E-state index is 13.1. The summed E-state index contributed by atoms with van der Waals surface area (Å²) in [5.74, 6) is -1.59. The normalized spacial score (nSPS) is 48.2. The zero-order valence-electron chi connectivity index (χ0n) is 26.1. The molecule has 0 bridgehead atoms. The van der Waals surface area contributed by atoms with E-state index in [-0.39, 0.29) is 43.2 Å². The fraction of sp³-hybridized carbons (Fsp3) is 0.818. The fourth-order valence-electron chi connectivity index (χ4n) is 10.4. The second-order valence-electron chi connectivity index (χ2n) is 14.5. The van der Waals surface area contributed by atoms with Crippen LogP contribution >= 0.6 is 0 Å². The van der Waals surface area contributed by atoms with Crippen LogP contribution in [0.5, 0.6) is 0 Å². The number of aliphatic hydroxyl groups is 2. The molecule has 2 aliphatic heterocycles. The molecular formula is C33H46O11. The van der Waals surface area contributed by atoms with E-state index in [9.17, 15) is 29.4 Å². The SMILES string of the molecule is CC(=O)O[C@H]1[C@@H](OC(C)=O)C[C@H](O[C@H]2CC[C@]3(C=O)[C@H]4CC[C@]5(C)[C@@H](C6=CC(=O)OC6)CC[C@]5(O)[C@@H]4CC[C@]3(O)C2)O[C@@H]1C. The van der Waals surface area contributed by atoms with Gasteiger partial charge in [-0.15, -0.1) is 0 Å². The van der Waals surface area contributed by atoms with Crippen molar-refractivity contribution in [3.63, 3.8) is 0 Å². The summed E-state index contributed by atoms with van der Waals surface area (Å²) in [5, 5.41) is 24.7. The van der Waals surface area contributed by atoms with Crippen molar-refractivity contribution in [2.45, 2.75) is 134 Å². The number of esters is 3. The van der Waals surface area contributed by atoms with Crippen LogP contribution in [0.25, 0.3) is 0 Å². The van der Waals surface area contributed by atoms with Crippen LogP contribution in [0.1, 0.15) is 91.9 Å². The predicted octanol–water partition coefficient (Wildman–Crippen LogP) is 2.92. The molecule has 0 aromatic carbocycles. The summed E-state index contributed by atoms with van der Waals surface area (Å²) in [6.07, 6.45) is 4.39. The molecule has 0 radical (unpaired) electrons. The summed E-state index contributed by atoms with van der Waals surface area (Å²) in [6, 6.07) is 0. The Morgan fingerprint density at radius 3 is 2.39 bits per heavy atom. The minimum absolute atomic E-state index is 0.0474. The highest BCUT2D eigenvalue weighted by molar-refractivity contribution is 5.85. The number of fused-ring (bicyclic) bond motifs is 5. The van der Waals surface area contributed by atoms with Gasteiger partial charge in [0, 0.05) is 38.2 Å². The van der Waals surface area contributed by atoms with Crippen LogP contribution in [0.2, 0.25) is 0 Å². The quantitative estimate of drug-likeness (QED) is 0.195. The Balaban J connectivity index is 1.18. The number of carbonyl (C=O) groups excluding carboxylic acids is 4. The molecule has 0 spiro atoms. The van der Waals surface area contributed by atoms with E-state index in [1.165, 1.54) is 13.8 Å². The van der Waals surface area contributed by atoms with Gasteiger partial charge in [0.25, 0.3) is 0 Å². The first-order chi connectivity index (χ1) is 20.7. The third kappa shape index (κ3) is 4.84. The van der Waals surface area contributed by atoms with Crippen LogP contribution in [0.4, 0.5) is 0 Å². The summed E-state index contributed by atoms with van der Waals surface area (Å²) in [5.41, 5.74) is -2.79. The van der Waals surface area contributed by atoms with Crippen LogP contribution < -0.4 is 0 Å². The van der Waals surface area contributed by atoms with Crippen molar-refractivity contribution in [1.29, 1.82) is 0 Å². The van der Waals surface area contributed by atoms with E-state index in [1.54, 1.807) is 13.0 Å². The van der Waals surface area contributed by atoms with E-state index in [2.05, 4.69) is 6.92 Å². The van der Waals surface area contributed by atoms with Gasteiger partial charge in [-0.3, -0.25) is 9.59 Å². The second-order valence-corrected chi connectivity index (χ2v) is 14.5. The van der Waals surface area contributed by atoms with Gasteiger partial charge in [-0.2, -0.15) is 0 Å². The molecule has 11 nitrogen and oxygen atoms in total. The first-order valence-electron chi connectivity index (χ1n) is 16.2. The summed E-state index contributed by atoms with van der Waals surface area (Å²) in [6.45, 7) is 6.72. The van der Waals surface area contributed by atoms with E-state index in [0.29, 0.717) is 44.9 Å². The largest absolute Gasteiger partial charge is 0.458 e. The first-order valence-corrected chi connectivity index (χ1v) is 16.2. The number of cyclic esters (lactones) is 1. The molecule has 5 fully saturated rings. The van der Waals surface area contributed by atoms with Gasteiger partial charge in [-0.25, -0.2) is 4.79 Å². The monoisotopic (exact) mass is 618 g/mol. The molecule has 1 saturated heterocycles. The Kier molecular flexibility index (Phi) is 8.03. The molecule has 6 rings (SSSR count). The van der Waals surface area contributed by atoms with Crippen molar-refractivity contribution < 1.29 is 53.1 Å². The minimum atomic E-state index is -1.30. The third-order valence-corrected chi connectivity index (χ3v) is 12.4. The molecule has 4 saturated carbocycles. The Bertz CT molecular complexity index is 1230. The maximum absolute atomic E-state index is 13.1. The van der Waals surface area contributed by atoms with E-state index in [4.69, 9.17) is 23.7 Å². The highest BCUT2D eigenvalue weighted by atomic mass is 16.7. The Morgan fingerprint density at radius 2 is 1.73 bits per heavy atom. The summed E-state index contributed by atoms with van der Waals surface area (Å²) < 4.78 is 28.5. The fourth-order valence-corrected chi connectivity index (χ4v) is 10.4. The third-order valence-electron chi connectivity index (χ3n) is 12.4. The van der Waals surface area contributed by atoms with E-state index < -0.39 is 64.7 Å². The van der Waals surface area contributed by atoms with E-state index in [1.807, 2.05) is 0 Å². The number of carbonyl (C=O) groups is 4. The molecule has 4 aliphatic carbocycles. The molecule has 12 atom stereocenters. The molecule has 6 aliphatic rings. The molecule has 2 heterocycles. The maximum Gasteiger partial charge on any atom is 0.331 e. The molecule has 11 heteroatoms. The zero-order chi connectivity index (χ0) is 31.7. The Hall–Kier alpha value is -2.34. The molecule has 0 amide bonds. The van der Waals surface area contributed by atoms with Gasteiger partial charge in [0.2, 0.25) is 0 Å². The summed E-state index contributed by atoms with van der Waals surface area (Å²) in [7, 11) is 0. The van der Waals surface area contributed by atoms with Crippen molar-refractivity contribution in [2.24, 2.45) is 28.6 Å². The molecular weight excluding hydrogens is 572 g/mol. The number of hydrogen-bond acceptors (Lipinski definition) is 11. The van der Waals surface area contributed by atoms with Crippen LogP contribution in [0, 0.1) is 28.6 Å². The van der Waals surface area contributed by atoms with Gasteiger partial charge < -0.3 is 38.7 Å². The second kappa shape index (κ2) is 11.2. The predicted molar refractivity (Wildman–Crippen MR) is 153 cm³/mol. The van der Waals surface area contributed by atoms with Crippen molar-refractivity contribution >= 4 is 24.2 Å². The average molecular weight is 619 g/mol. The smallest absolute Gasteiger partial charge is 0.331 e. The zero-order valence-corrected chi connectivity index (χ0v) is 26.1. The molecule has 0 aromatic heterocycles. The van der Waals surface area contributed by atoms with Crippen LogP contribution in [0.15, 0.2) is 11.6 Å². The lowest BCUT2D eigenvalue weighted by atomic mass is 9.41.